The molecular weight excluding hydrogens is 468 g/mol. The van der Waals surface area contributed by atoms with Crippen LogP contribution in [0.1, 0.15) is 40.2 Å². The maximum absolute atomic E-state index is 13.1. The van der Waals surface area contributed by atoms with E-state index in [4.69, 9.17) is 4.74 Å². The third-order valence-corrected chi connectivity index (χ3v) is 7.97. The lowest BCUT2D eigenvalue weighted by Crippen LogP contribution is -2.34. The number of amides is 1. The number of carbonyl (C=O) groups excluding carboxylic acids is 1. The van der Waals surface area contributed by atoms with Gasteiger partial charge in [0, 0.05) is 13.1 Å². The van der Waals surface area contributed by atoms with E-state index in [-0.39, 0.29) is 5.91 Å². The molecule has 1 fully saturated rings. The van der Waals surface area contributed by atoms with E-state index in [2.05, 4.69) is 50.8 Å². The predicted octanol–water partition coefficient (Wildman–Crippen LogP) is 5.63. The van der Waals surface area contributed by atoms with Gasteiger partial charge in [-0.3, -0.25) is 4.79 Å². The molecular formula is C29H30N4O2S. The molecule has 0 atom stereocenters. The van der Waals surface area contributed by atoms with Gasteiger partial charge in [-0.15, -0.1) is 11.3 Å². The summed E-state index contributed by atoms with van der Waals surface area (Å²) in [5, 5.41) is 7.03. The van der Waals surface area contributed by atoms with Crippen molar-refractivity contribution in [3.8, 4) is 5.75 Å². The second-order valence-electron chi connectivity index (χ2n) is 9.49. The van der Waals surface area contributed by atoms with E-state index in [0.717, 1.165) is 79.2 Å². The van der Waals surface area contributed by atoms with Crippen molar-refractivity contribution >= 4 is 38.8 Å². The number of hydrogen-bond acceptors (Lipinski definition) is 6. The minimum Gasteiger partial charge on any atom is -0.490 e. The Morgan fingerprint density at radius 2 is 1.89 bits per heavy atom. The molecule has 3 aromatic carbocycles. The normalized spacial score (nSPS) is 16.1. The molecule has 36 heavy (non-hydrogen) atoms. The highest BCUT2D eigenvalue weighted by Gasteiger charge is 2.23. The highest BCUT2D eigenvalue weighted by molar-refractivity contribution is 7.20. The quantitative estimate of drug-likeness (QED) is 0.361. The second kappa shape index (κ2) is 10.3. The van der Waals surface area contributed by atoms with Gasteiger partial charge in [0.05, 0.1) is 21.6 Å². The Balaban J connectivity index is 1.19. The molecule has 0 radical (unpaired) electrons. The SMILES string of the molecule is O=C(Nc1cccc2c1N(Cc1ccc(OC3CCNCC3)cc1)CCC2)c1nc2ccccc2s1. The number of ether oxygens (including phenoxy) is 1. The first-order valence-corrected chi connectivity index (χ1v) is 13.5. The lowest BCUT2D eigenvalue weighted by atomic mass is 9.99. The monoisotopic (exact) mass is 498 g/mol. The molecule has 0 aliphatic carbocycles. The lowest BCUT2D eigenvalue weighted by molar-refractivity contribution is 0.102. The summed E-state index contributed by atoms with van der Waals surface area (Å²) < 4.78 is 7.20. The van der Waals surface area contributed by atoms with Crippen LogP contribution in [0.3, 0.4) is 0 Å². The number of carbonyl (C=O) groups is 1. The Labute approximate surface area is 215 Å². The summed E-state index contributed by atoms with van der Waals surface area (Å²) >= 11 is 1.43. The van der Waals surface area contributed by atoms with Gasteiger partial charge in [-0.1, -0.05) is 36.4 Å². The van der Waals surface area contributed by atoms with Gasteiger partial charge in [0.2, 0.25) is 0 Å². The Morgan fingerprint density at radius 3 is 2.72 bits per heavy atom. The van der Waals surface area contributed by atoms with Crippen molar-refractivity contribution in [3.63, 3.8) is 0 Å². The number of hydrogen-bond donors (Lipinski definition) is 2. The summed E-state index contributed by atoms with van der Waals surface area (Å²) in [6.45, 7) is 3.78. The Hall–Kier alpha value is -3.42. The molecule has 6 nitrogen and oxygen atoms in total. The van der Waals surface area contributed by atoms with E-state index < -0.39 is 0 Å². The van der Waals surface area contributed by atoms with Crippen LogP contribution < -0.4 is 20.3 Å². The molecule has 7 heteroatoms. The number of para-hydroxylation sites is 2. The third kappa shape index (κ3) is 4.94. The van der Waals surface area contributed by atoms with Gasteiger partial charge in [0.1, 0.15) is 11.9 Å². The van der Waals surface area contributed by atoms with E-state index in [0.29, 0.717) is 11.1 Å². The van der Waals surface area contributed by atoms with Gasteiger partial charge in [-0.2, -0.15) is 0 Å². The van der Waals surface area contributed by atoms with Gasteiger partial charge < -0.3 is 20.3 Å². The first kappa shape index (κ1) is 23.0. The smallest absolute Gasteiger partial charge is 0.284 e. The van der Waals surface area contributed by atoms with Crippen LogP contribution in [-0.2, 0) is 13.0 Å². The van der Waals surface area contributed by atoms with Crippen LogP contribution in [0, 0.1) is 0 Å². The Kier molecular flexibility index (Phi) is 6.57. The Bertz CT molecular complexity index is 1330. The minimum atomic E-state index is -0.158. The number of aryl methyl sites for hydroxylation is 1. The number of benzene rings is 3. The molecule has 1 amide bonds. The molecule has 2 N–H and O–H groups in total. The van der Waals surface area contributed by atoms with Crippen LogP contribution in [0.5, 0.6) is 5.75 Å². The van der Waals surface area contributed by atoms with Crippen LogP contribution in [0.4, 0.5) is 11.4 Å². The summed E-state index contributed by atoms with van der Waals surface area (Å²) in [6.07, 6.45) is 4.52. The molecule has 1 saturated heterocycles. The molecule has 0 saturated carbocycles. The minimum absolute atomic E-state index is 0.158. The summed E-state index contributed by atoms with van der Waals surface area (Å²) in [6, 6.07) is 22.6. The fraction of sp³-hybridized carbons (Fsp3) is 0.310. The molecule has 0 bridgehead atoms. The topological polar surface area (TPSA) is 66.5 Å². The van der Waals surface area contributed by atoms with E-state index in [1.165, 1.54) is 22.5 Å². The lowest BCUT2D eigenvalue weighted by Gasteiger charge is -2.33. The van der Waals surface area contributed by atoms with Crippen molar-refractivity contribution in [1.82, 2.24) is 10.3 Å². The average molecular weight is 499 g/mol. The van der Waals surface area contributed by atoms with Crippen LogP contribution in [0.2, 0.25) is 0 Å². The fourth-order valence-electron chi connectivity index (χ4n) is 5.14. The molecule has 1 aromatic heterocycles. The Morgan fingerprint density at radius 1 is 1.06 bits per heavy atom. The van der Waals surface area contributed by atoms with Crippen molar-refractivity contribution in [3.05, 3.63) is 82.9 Å². The second-order valence-corrected chi connectivity index (χ2v) is 10.5. The maximum Gasteiger partial charge on any atom is 0.284 e. The zero-order chi connectivity index (χ0) is 24.3. The molecule has 2 aliphatic heterocycles. The zero-order valence-corrected chi connectivity index (χ0v) is 21.0. The zero-order valence-electron chi connectivity index (χ0n) is 20.2. The highest BCUT2D eigenvalue weighted by Crippen LogP contribution is 2.36. The van der Waals surface area contributed by atoms with Gasteiger partial charge in [-0.05, 0) is 80.2 Å². The summed E-state index contributed by atoms with van der Waals surface area (Å²) in [7, 11) is 0. The maximum atomic E-state index is 13.1. The first-order chi connectivity index (χ1) is 17.7. The van der Waals surface area contributed by atoms with Gasteiger partial charge in [0.25, 0.3) is 5.91 Å². The fourth-order valence-corrected chi connectivity index (χ4v) is 6.00. The van der Waals surface area contributed by atoms with E-state index in [1.807, 2.05) is 36.4 Å². The summed E-state index contributed by atoms with van der Waals surface area (Å²) in [5.74, 6) is 0.781. The van der Waals surface area contributed by atoms with Crippen molar-refractivity contribution in [1.29, 1.82) is 0 Å². The van der Waals surface area contributed by atoms with Crippen LogP contribution in [0.25, 0.3) is 10.2 Å². The number of piperidine rings is 1. The molecule has 4 aromatic rings. The number of rotatable bonds is 6. The largest absolute Gasteiger partial charge is 0.490 e. The van der Waals surface area contributed by atoms with E-state index >= 15 is 0 Å². The standard InChI is InChI=1S/C29H30N4O2S/c34-28(29-32-24-7-1-2-9-26(24)36-29)31-25-8-3-5-21-6-4-18-33(27(21)25)19-20-10-12-22(13-11-20)35-23-14-16-30-17-15-23/h1-3,5,7-13,23,30H,4,6,14-19H2,(H,31,34). The van der Waals surface area contributed by atoms with Crippen LogP contribution in [0.15, 0.2) is 66.7 Å². The molecule has 6 rings (SSSR count). The van der Waals surface area contributed by atoms with Crippen molar-refractivity contribution < 1.29 is 9.53 Å². The van der Waals surface area contributed by atoms with Gasteiger partial charge in [0.15, 0.2) is 5.01 Å². The number of nitrogens with one attached hydrogen (secondary N) is 2. The average Bonchev–Trinajstić information content (AvgIpc) is 3.35. The first-order valence-electron chi connectivity index (χ1n) is 12.7. The van der Waals surface area contributed by atoms with Gasteiger partial charge in [-0.25, -0.2) is 4.98 Å². The summed E-state index contributed by atoms with van der Waals surface area (Å²) in [4.78, 5) is 20.1. The number of fused-ring (bicyclic) bond motifs is 2. The number of aromatic nitrogens is 1. The summed E-state index contributed by atoms with van der Waals surface area (Å²) in [5.41, 5.74) is 5.33. The van der Waals surface area contributed by atoms with E-state index in [1.54, 1.807) is 0 Å². The van der Waals surface area contributed by atoms with Crippen molar-refractivity contribution in [2.45, 2.75) is 38.3 Å². The number of thiazole rings is 1. The van der Waals surface area contributed by atoms with Gasteiger partial charge >= 0.3 is 0 Å². The molecule has 184 valence electrons. The van der Waals surface area contributed by atoms with Crippen molar-refractivity contribution in [2.75, 3.05) is 29.9 Å². The third-order valence-electron chi connectivity index (χ3n) is 6.93. The highest BCUT2D eigenvalue weighted by atomic mass is 32.1. The van der Waals surface area contributed by atoms with Crippen LogP contribution >= 0.6 is 11.3 Å². The molecule has 3 heterocycles. The number of nitrogens with zero attached hydrogens (tertiary/aromatic N) is 2. The molecule has 0 unspecified atom stereocenters. The van der Waals surface area contributed by atoms with E-state index in [9.17, 15) is 4.79 Å². The molecule has 0 spiro atoms. The van der Waals surface area contributed by atoms with Crippen molar-refractivity contribution in [2.24, 2.45) is 0 Å². The predicted molar refractivity (Wildman–Crippen MR) is 146 cm³/mol. The van der Waals surface area contributed by atoms with Crippen LogP contribution in [-0.4, -0.2) is 36.6 Å². The number of anilines is 2. The molecule has 2 aliphatic rings.